The van der Waals surface area contributed by atoms with E-state index in [4.69, 9.17) is 9.47 Å². The largest absolute Gasteiger partial charge is 0.493 e. The van der Waals surface area contributed by atoms with Gasteiger partial charge in [-0.25, -0.2) is 0 Å². The number of carbonyl (C=O) groups excluding carboxylic acids is 1. The molecule has 1 aromatic carbocycles. The summed E-state index contributed by atoms with van der Waals surface area (Å²) in [6, 6.07) is 5.93. The first-order chi connectivity index (χ1) is 8.74. The van der Waals surface area contributed by atoms with Crippen LogP contribution in [-0.4, -0.2) is 26.2 Å². The number of nitrogens with one attached hydrogen (secondary N) is 1. The summed E-state index contributed by atoms with van der Waals surface area (Å²) in [4.78, 5) is 11.6. The summed E-state index contributed by atoms with van der Waals surface area (Å²) in [5.74, 6) is 1.22. The zero-order chi connectivity index (χ0) is 13.0. The Labute approximate surface area is 107 Å². The molecule has 1 fully saturated rings. The number of ether oxygens (including phenoxy) is 2. The van der Waals surface area contributed by atoms with Crippen LogP contribution in [-0.2, 0) is 4.79 Å². The highest BCUT2D eigenvalue weighted by atomic mass is 16.5. The lowest BCUT2D eigenvalue weighted by Crippen LogP contribution is -2.22. The SMILES string of the molecule is COc1cccc(/C=C/C(=O)NC2CC2)c1OC. The van der Waals surface area contributed by atoms with Crippen LogP contribution in [0, 0.1) is 0 Å². The topological polar surface area (TPSA) is 47.6 Å². The van der Waals surface area contributed by atoms with Crippen LogP contribution in [0.1, 0.15) is 18.4 Å². The van der Waals surface area contributed by atoms with E-state index in [1.54, 1.807) is 20.3 Å². The maximum absolute atomic E-state index is 11.6. The Balaban J connectivity index is 2.11. The third kappa shape index (κ3) is 3.03. The van der Waals surface area contributed by atoms with Gasteiger partial charge in [-0.05, 0) is 25.0 Å². The fraction of sp³-hybridized carbons (Fsp3) is 0.357. The molecule has 0 aliphatic heterocycles. The van der Waals surface area contributed by atoms with Gasteiger partial charge in [-0.1, -0.05) is 12.1 Å². The van der Waals surface area contributed by atoms with Crippen LogP contribution in [0.25, 0.3) is 6.08 Å². The normalized spacial score (nSPS) is 14.6. The van der Waals surface area contributed by atoms with E-state index in [9.17, 15) is 4.79 Å². The van der Waals surface area contributed by atoms with Crippen molar-refractivity contribution >= 4 is 12.0 Å². The van der Waals surface area contributed by atoms with Crippen LogP contribution >= 0.6 is 0 Å². The van der Waals surface area contributed by atoms with Crippen LogP contribution < -0.4 is 14.8 Å². The number of benzene rings is 1. The number of amides is 1. The van der Waals surface area contributed by atoms with Gasteiger partial charge >= 0.3 is 0 Å². The van der Waals surface area contributed by atoms with Crippen LogP contribution in [0.15, 0.2) is 24.3 Å². The molecule has 0 unspecified atom stereocenters. The molecule has 1 N–H and O–H groups in total. The summed E-state index contributed by atoms with van der Waals surface area (Å²) in [5.41, 5.74) is 0.822. The number of para-hydroxylation sites is 1. The average molecular weight is 247 g/mol. The Morgan fingerprint density at radius 2 is 2.11 bits per heavy atom. The number of rotatable bonds is 5. The molecule has 0 atom stereocenters. The van der Waals surface area contributed by atoms with Crippen LogP contribution in [0.4, 0.5) is 0 Å². The minimum absolute atomic E-state index is 0.0672. The van der Waals surface area contributed by atoms with E-state index >= 15 is 0 Å². The molecular formula is C14H17NO3. The Morgan fingerprint density at radius 3 is 2.72 bits per heavy atom. The molecule has 0 heterocycles. The van der Waals surface area contributed by atoms with E-state index in [0.717, 1.165) is 18.4 Å². The van der Waals surface area contributed by atoms with Gasteiger partial charge in [0.1, 0.15) is 0 Å². The molecule has 18 heavy (non-hydrogen) atoms. The van der Waals surface area contributed by atoms with Crippen LogP contribution in [0.3, 0.4) is 0 Å². The van der Waals surface area contributed by atoms with E-state index in [1.807, 2.05) is 18.2 Å². The summed E-state index contributed by atoms with van der Waals surface area (Å²) in [5, 5.41) is 2.89. The first kappa shape index (κ1) is 12.5. The van der Waals surface area contributed by atoms with E-state index in [0.29, 0.717) is 17.5 Å². The second kappa shape index (κ2) is 5.58. The molecule has 0 radical (unpaired) electrons. The molecule has 0 bridgehead atoms. The third-order valence-corrected chi connectivity index (χ3v) is 2.77. The van der Waals surface area contributed by atoms with Gasteiger partial charge in [0.2, 0.25) is 5.91 Å². The second-order valence-corrected chi connectivity index (χ2v) is 4.20. The molecule has 2 rings (SSSR count). The lowest BCUT2D eigenvalue weighted by atomic mass is 10.1. The lowest BCUT2D eigenvalue weighted by molar-refractivity contribution is -0.116. The fourth-order valence-electron chi connectivity index (χ4n) is 1.69. The molecule has 0 aromatic heterocycles. The van der Waals surface area contributed by atoms with Gasteiger partial charge in [-0.3, -0.25) is 4.79 Å². The summed E-state index contributed by atoms with van der Waals surface area (Å²) < 4.78 is 10.5. The standard InChI is InChI=1S/C14H17NO3/c1-17-12-5-3-4-10(14(12)18-2)6-9-13(16)15-11-7-8-11/h3-6,9,11H,7-8H2,1-2H3,(H,15,16)/b9-6+. The molecule has 1 amide bonds. The van der Waals surface area contributed by atoms with Crippen molar-refractivity contribution in [3.05, 3.63) is 29.8 Å². The molecule has 1 aliphatic carbocycles. The van der Waals surface area contributed by atoms with Gasteiger partial charge < -0.3 is 14.8 Å². The highest BCUT2D eigenvalue weighted by Crippen LogP contribution is 2.31. The zero-order valence-electron chi connectivity index (χ0n) is 10.6. The molecule has 0 saturated heterocycles. The quantitative estimate of drug-likeness (QED) is 0.809. The van der Waals surface area contributed by atoms with Crippen LogP contribution in [0.5, 0.6) is 11.5 Å². The number of hydrogen-bond acceptors (Lipinski definition) is 3. The zero-order valence-corrected chi connectivity index (χ0v) is 10.6. The fourth-order valence-corrected chi connectivity index (χ4v) is 1.69. The van der Waals surface area contributed by atoms with Crippen molar-refractivity contribution in [2.45, 2.75) is 18.9 Å². The molecular weight excluding hydrogens is 230 g/mol. The number of methoxy groups -OCH3 is 2. The highest BCUT2D eigenvalue weighted by molar-refractivity contribution is 5.92. The molecule has 96 valence electrons. The second-order valence-electron chi connectivity index (χ2n) is 4.20. The smallest absolute Gasteiger partial charge is 0.244 e. The highest BCUT2D eigenvalue weighted by Gasteiger charge is 2.22. The van der Waals surface area contributed by atoms with Crippen molar-refractivity contribution in [1.29, 1.82) is 0 Å². The van der Waals surface area contributed by atoms with Gasteiger partial charge in [-0.2, -0.15) is 0 Å². The first-order valence-electron chi connectivity index (χ1n) is 5.94. The summed E-state index contributed by atoms with van der Waals surface area (Å²) in [6.07, 6.45) is 5.43. The van der Waals surface area contributed by atoms with E-state index in [1.165, 1.54) is 6.08 Å². The molecule has 4 heteroatoms. The summed E-state index contributed by atoms with van der Waals surface area (Å²) in [6.45, 7) is 0. The van der Waals surface area contributed by atoms with Crippen molar-refractivity contribution < 1.29 is 14.3 Å². The Hall–Kier alpha value is -1.97. The predicted octanol–water partition coefficient (Wildman–Crippen LogP) is 2.00. The van der Waals surface area contributed by atoms with Gasteiger partial charge in [-0.15, -0.1) is 0 Å². The van der Waals surface area contributed by atoms with Gasteiger partial charge in [0, 0.05) is 17.7 Å². The third-order valence-electron chi connectivity index (χ3n) is 2.77. The first-order valence-corrected chi connectivity index (χ1v) is 5.94. The van der Waals surface area contributed by atoms with Crippen molar-refractivity contribution in [2.24, 2.45) is 0 Å². The van der Waals surface area contributed by atoms with Crippen LogP contribution in [0.2, 0.25) is 0 Å². The van der Waals surface area contributed by atoms with Crippen molar-refractivity contribution in [1.82, 2.24) is 5.32 Å². The van der Waals surface area contributed by atoms with Gasteiger partial charge in [0.05, 0.1) is 14.2 Å². The minimum atomic E-state index is -0.0672. The monoisotopic (exact) mass is 247 g/mol. The van der Waals surface area contributed by atoms with E-state index < -0.39 is 0 Å². The van der Waals surface area contributed by atoms with Crippen molar-refractivity contribution in [3.8, 4) is 11.5 Å². The number of carbonyl (C=O) groups is 1. The Morgan fingerprint density at radius 1 is 1.33 bits per heavy atom. The molecule has 1 saturated carbocycles. The van der Waals surface area contributed by atoms with E-state index in [2.05, 4.69) is 5.32 Å². The van der Waals surface area contributed by atoms with Crippen molar-refractivity contribution in [3.63, 3.8) is 0 Å². The minimum Gasteiger partial charge on any atom is -0.493 e. The van der Waals surface area contributed by atoms with Gasteiger partial charge in [0.25, 0.3) is 0 Å². The maximum atomic E-state index is 11.6. The lowest BCUT2D eigenvalue weighted by Gasteiger charge is -2.09. The van der Waals surface area contributed by atoms with Crippen molar-refractivity contribution in [2.75, 3.05) is 14.2 Å². The maximum Gasteiger partial charge on any atom is 0.244 e. The average Bonchev–Trinajstić information content (AvgIpc) is 3.19. The summed E-state index contributed by atoms with van der Waals surface area (Å²) in [7, 11) is 3.17. The molecule has 1 aromatic rings. The number of hydrogen-bond donors (Lipinski definition) is 1. The van der Waals surface area contributed by atoms with Gasteiger partial charge in [0.15, 0.2) is 11.5 Å². The Kier molecular flexibility index (Phi) is 3.87. The molecule has 1 aliphatic rings. The molecule has 0 spiro atoms. The van der Waals surface area contributed by atoms with E-state index in [-0.39, 0.29) is 5.91 Å². The summed E-state index contributed by atoms with van der Waals surface area (Å²) >= 11 is 0. The Bertz CT molecular complexity index is 464. The predicted molar refractivity (Wildman–Crippen MR) is 69.7 cm³/mol. The molecule has 4 nitrogen and oxygen atoms in total.